The maximum absolute atomic E-state index is 12.5. The number of nitrogens with zero attached hydrogens (tertiary/aromatic N) is 1. The molecule has 2 rings (SSSR count). The summed E-state index contributed by atoms with van der Waals surface area (Å²) in [5.74, 6) is -0.261. The summed E-state index contributed by atoms with van der Waals surface area (Å²) in [5, 5.41) is 22.7. The van der Waals surface area contributed by atoms with Gasteiger partial charge in [-0.25, -0.2) is 5.06 Å². The highest BCUT2D eigenvalue weighted by Crippen LogP contribution is 2.36. The molecule has 1 aliphatic carbocycles. The monoisotopic (exact) mass is 330 g/mol. The highest BCUT2D eigenvalue weighted by Gasteiger charge is 2.36. The minimum absolute atomic E-state index is 0.0530. The first-order valence-electron chi connectivity index (χ1n) is 8.40. The van der Waals surface area contributed by atoms with Gasteiger partial charge in [0.15, 0.2) is 0 Å². The Kier molecular flexibility index (Phi) is 6.58. The number of rotatable bonds is 9. The normalized spacial score (nSPS) is 16.5. The molecule has 1 aromatic rings. The van der Waals surface area contributed by atoms with Gasteiger partial charge in [-0.1, -0.05) is 36.9 Å². The van der Waals surface area contributed by atoms with Gasteiger partial charge in [0, 0.05) is 30.3 Å². The number of hydroxylamine groups is 2. The third kappa shape index (κ3) is 4.24. The number of carbonyl (C=O) groups excluding carboxylic acids is 1. The molecule has 0 saturated heterocycles. The van der Waals surface area contributed by atoms with Gasteiger partial charge in [-0.15, -0.1) is 0 Å². The van der Waals surface area contributed by atoms with E-state index in [2.05, 4.69) is 11.9 Å². The first kappa shape index (κ1) is 18.2. The van der Waals surface area contributed by atoms with Crippen LogP contribution in [-0.4, -0.2) is 41.0 Å². The Morgan fingerprint density at radius 1 is 1.42 bits per heavy atom. The number of carbonyl (C=O) groups is 1. The molecule has 0 heterocycles. The van der Waals surface area contributed by atoms with Crippen molar-refractivity contribution in [3.8, 4) is 0 Å². The van der Waals surface area contributed by atoms with Gasteiger partial charge in [0.25, 0.3) is 5.91 Å². The van der Waals surface area contributed by atoms with Crippen LogP contribution in [0.3, 0.4) is 0 Å². The van der Waals surface area contributed by atoms with Crippen LogP contribution in [0.15, 0.2) is 42.1 Å². The number of hydrogen-bond acceptors (Lipinski definition) is 4. The summed E-state index contributed by atoms with van der Waals surface area (Å²) in [6.07, 6.45) is 3.74. The van der Waals surface area contributed by atoms with E-state index in [1.165, 1.54) is 0 Å². The second kappa shape index (κ2) is 8.66. The predicted octanol–water partition coefficient (Wildman–Crippen LogP) is 2.36. The number of nitrogens with one attached hydrogen (secondary N) is 1. The van der Waals surface area contributed by atoms with Crippen LogP contribution in [0.25, 0.3) is 6.08 Å². The fourth-order valence-electron chi connectivity index (χ4n) is 2.97. The van der Waals surface area contributed by atoms with E-state index >= 15 is 0 Å². The minimum atomic E-state index is -0.363. The van der Waals surface area contributed by atoms with Crippen molar-refractivity contribution in [3.05, 3.63) is 53.2 Å². The molecule has 130 valence electrons. The summed E-state index contributed by atoms with van der Waals surface area (Å²) in [5.41, 5.74) is 3.80. The average Bonchev–Trinajstić information content (AvgIpc) is 2.59. The largest absolute Gasteiger partial charge is 0.396 e. The summed E-state index contributed by atoms with van der Waals surface area (Å²) in [6.45, 7) is 6.56. The molecule has 0 saturated carbocycles. The molecule has 0 bridgehead atoms. The lowest BCUT2D eigenvalue weighted by atomic mass is 9.76. The second-order valence-electron chi connectivity index (χ2n) is 5.98. The van der Waals surface area contributed by atoms with Crippen molar-refractivity contribution >= 4 is 12.0 Å². The van der Waals surface area contributed by atoms with E-state index in [9.17, 15) is 10.0 Å². The molecule has 1 unspecified atom stereocenters. The summed E-state index contributed by atoms with van der Waals surface area (Å²) in [4.78, 5) is 12.5. The van der Waals surface area contributed by atoms with Gasteiger partial charge in [-0.2, -0.15) is 0 Å². The molecule has 1 atom stereocenters. The number of allylic oxidation sites excluding steroid dienone is 1. The number of amides is 1. The Morgan fingerprint density at radius 3 is 2.71 bits per heavy atom. The number of benzene rings is 1. The summed E-state index contributed by atoms with van der Waals surface area (Å²) >= 11 is 0. The Labute approximate surface area is 143 Å². The van der Waals surface area contributed by atoms with Gasteiger partial charge in [0.2, 0.25) is 0 Å². The molecule has 0 aliphatic heterocycles. The van der Waals surface area contributed by atoms with E-state index in [0.717, 1.165) is 41.3 Å². The molecule has 0 fully saturated rings. The Balaban J connectivity index is 2.09. The molecule has 1 aliphatic rings. The van der Waals surface area contributed by atoms with Gasteiger partial charge < -0.3 is 10.4 Å². The summed E-state index contributed by atoms with van der Waals surface area (Å²) in [7, 11) is 0. The van der Waals surface area contributed by atoms with Crippen molar-refractivity contribution in [3.63, 3.8) is 0 Å². The van der Waals surface area contributed by atoms with Gasteiger partial charge >= 0.3 is 0 Å². The van der Waals surface area contributed by atoms with Crippen LogP contribution in [0.4, 0.5) is 0 Å². The van der Waals surface area contributed by atoms with Crippen LogP contribution < -0.4 is 5.32 Å². The topological polar surface area (TPSA) is 72.8 Å². The lowest BCUT2D eigenvalue weighted by molar-refractivity contribution is -0.162. The standard InChI is InChI=1S/C19H26N2O3/c1-3-14-6-8-15(9-7-14)12-16-13-17(20-4-2)18(16)19(23)21(24)10-5-11-22/h3,6-9,16,20,22,24H,1,4-5,10-13H2,2H3. The van der Waals surface area contributed by atoms with Crippen LogP contribution in [0.5, 0.6) is 0 Å². The van der Waals surface area contributed by atoms with E-state index in [-0.39, 0.29) is 25.0 Å². The predicted molar refractivity (Wildman–Crippen MR) is 94.2 cm³/mol. The number of hydrogen-bond donors (Lipinski definition) is 3. The van der Waals surface area contributed by atoms with E-state index < -0.39 is 0 Å². The number of aliphatic hydroxyl groups is 1. The smallest absolute Gasteiger partial charge is 0.275 e. The molecular formula is C19H26N2O3. The van der Waals surface area contributed by atoms with Crippen LogP contribution in [0.2, 0.25) is 0 Å². The average molecular weight is 330 g/mol. The zero-order valence-electron chi connectivity index (χ0n) is 14.2. The molecule has 3 N–H and O–H groups in total. The zero-order valence-corrected chi connectivity index (χ0v) is 14.2. The van der Waals surface area contributed by atoms with Crippen molar-refractivity contribution < 1.29 is 15.1 Å². The van der Waals surface area contributed by atoms with Crippen LogP contribution in [0, 0.1) is 5.92 Å². The quantitative estimate of drug-likeness (QED) is 0.480. The third-order valence-electron chi connectivity index (χ3n) is 4.26. The highest BCUT2D eigenvalue weighted by molar-refractivity contribution is 5.95. The second-order valence-corrected chi connectivity index (χ2v) is 5.98. The van der Waals surface area contributed by atoms with Gasteiger partial charge in [0.1, 0.15) is 0 Å². The van der Waals surface area contributed by atoms with Crippen molar-refractivity contribution in [2.24, 2.45) is 5.92 Å². The zero-order chi connectivity index (χ0) is 17.5. The SMILES string of the molecule is C=Cc1ccc(CC2CC(NCC)=C2C(=O)N(O)CCCO)cc1. The molecular weight excluding hydrogens is 304 g/mol. The maximum Gasteiger partial charge on any atom is 0.275 e. The Morgan fingerprint density at radius 2 is 2.12 bits per heavy atom. The number of aliphatic hydroxyl groups excluding tert-OH is 1. The van der Waals surface area contributed by atoms with Crippen molar-refractivity contribution in [2.75, 3.05) is 19.7 Å². The molecule has 24 heavy (non-hydrogen) atoms. The van der Waals surface area contributed by atoms with Crippen LogP contribution in [-0.2, 0) is 11.2 Å². The van der Waals surface area contributed by atoms with Crippen molar-refractivity contribution in [2.45, 2.75) is 26.2 Å². The lowest BCUT2D eigenvalue weighted by Crippen LogP contribution is -2.40. The molecule has 5 nitrogen and oxygen atoms in total. The molecule has 0 aromatic heterocycles. The molecule has 0 spiro atoms. The van der Waals surface area contributed by atoms with Gasteiger partial charge in [-0.05, 0) is 37.3 Å². The van der Waals surface area contributed by atoms with Crippen LogP contribution in [0.1, 0.15) is 30.9 Å². The van der Waals surface area contributed by atoms with Gasteiger partial charge in [0.05, 0.1) is 6.54 Å². The van der Waals surface area contributed by atoms with Crippen molar-refractivity contribution in [1.82, 2.24) is 10.4 Å². The molecule has 1 aromatic carbocycles. The fourth-order valence-corrected chi connectivity index (χ4v) is 2.97. The summed E-state index contributed by atoms with van der Waals surface area (Å²) < 4.78 is 0. The first-order valence-corrected chi connectivity index (χ1v) is 8.40. The molecule has 1 amide bonds. The molecule has 0 radical (unpaired) electrons. The summed E-state index contributed by atoms with van der Waals surface area (Å²) in [6, 6.07) is 8.12. The maximum atomic E-state index is 12.5. The Hall–Kier alpha value is -2.11. The van der Waals surface area contributed by atoms with Gasteiger partial charge in [-0.3, -0.25) is 10.0 Å². The first-order chi connectivity index (χ1) is 11.6. The van der Waals surface area contributed by atoms with E-state index in [0.29, 0.717) is 12.0 Å². The molecule has 5 heteroatoms. The third-order valence-corrected chi connectivity index (χ3v) is 4.26. The fraction of sp³-hybridized carbons (Fsp3) is 0.421. The highest BCUT2D eigenvalue weighted by atomic mass is 16.5. The van der Waals surface area contributed by atoms with E-state index in [1.807, 2.05) is 31.2 Å². The lowest BCUT2D eigenvalue weighted by Gasteiger charge is -2.34. The van der Waals surface area contributed by atoms with E-state index in [1.54, 1.807) is 6.08 Å². The Bertz CT molecular complexity index is 608. The van der Waals surface area contributed by atoms with Crippen molar-refractivity contribution in [1.29, 1.82) is 0 Å². The van der Waals surface area contributed by atoms with Crippen LogP contribution >= 0.6 is 0 Å². The minimum Gasteiger partial charge on any atom is -0.396 e. The van der Waals surface area contributed by atoms with E-state index in [4.69, 9.17) is 5.11 Å².